The van der Waals surface area contributed by atoms with Gasteiger partial charge in [-0.1, -0.05) is 12.1 Å². The molecule has 0 spiro atoms. The van der Waals surface area contributed by atoms with Crippen LogP contribution >= 0.6 is 11.3 Å². The van der Waals surface area contributed by atoms with Crippen LogP contribution in [0.25, 0.3) is 10.2 Å². The van der Waals surface area contributed by atoms with Crippen molar-refractivity contribution in [1.82, 2.24) is 4.98 Å². The number of thiophene rings is 1. The summed E-state index contributed by atoms with van der Waals surface area (Å²) in [6.07, 6.45) is 0. The Balaban J connectivity index is 2.04. The minimum absolute atomic E-state index is 0.132. The Labute approximate surface area is 154 Å². The Kier molecular flexibility index (Phi) is 4.65. The second-order valence-corrected chi connectivity index (χ2v) is 6.52. The summed E-state index contributed by atoms with van der Waals surface area (Å²) in [6.45, 7) is 4.10. The number of aromatic nitrogens is 1. The van der Waals surface area contributed by atoms with Gasteiger partial charge in [-0.2, -0.15) is 5.26 Å². The van der Waals surface area contributed by atoms with Gasteiger partial charge in [0, 0.05) is 5.39 Å². The average molecular weight is 367 g/mol. The van der Waals surface area contributed by atoms with E-state index in [0.29, 0.717) is 38.7 Å². The second-order valence-electron chi connectivity index (χ2n) is 5.52. The number of amides is 1. The lowest BCUT2D eigenvalue weighted by atomic mass is 10.1. The molecule has 2 heterocycles. The summed E-state index contributed by atoms with van der Waals surface area (Å²) in [5.74, 6) is 0.342. The molecule has 0 aliphatic rings. The van der Waals surface area contributed by atoms with Crippen molar-refractivity contribution >= 4 is 44.7 Å². The molecule has 7 nitrogen and oxygen atoms in total. The molecule has 1 amide bonds. The fourth-order valence-electron chi connectivity index (χ4n) is 2.70. The third-order valence-electron chi connectivity index (χ3n) is 3.91. The topological polar surface area (TPSA) is 127 Å². The molecule has 2 aromatic heterocycles. The van der Waals surface area contributed by atoms with Crippen molar-refractivity contribution in [3.63, 3.8) is 0 Å². The van der Waals surface area contributed by atoms with Crippen LogP contribution in [0, 0.1) is 18.3 Å². The zero-order valence-electron chi connectivity index (χ0n) is 14.3. The molecule has 3 rings (SSSR count). The first-order valence-corrected chi connectivity index (χ1v) is 8.70. The van der Waals surface area contributed by atoms with E-state index in [1.165, 1.54) is 0 Å². The van der Waals surface area contributed by atoms with E-state index in [2.05, 4.69) is 10.3 Å². The third-order valence-corrected chi connectivity index (χ3v) is 5.01. The highest BCUT2D eigenvalue weighted by Crippen LogP contribution is 2.38. The zero-order chi connectivity index (χ0) is 18.8. The zero-order valence-corrected chi connectivity index (χ0v) is 15.1. The standard InChI is InChI=1S/C18H17N5O2S/c1-3-25-12-7-5-4-6-11(12)22-17(24)15-14(20)13-9(2)10(8-19)16(21)23-18(13)26-15/h4-7H,3,20H2,1-2H3,(H2,21,23)(H,22,24). The van der Waals surface area contributed by atoms with Crippen LogP contribution in [0.5, 0.6) is 5.75 Å². The van der Waals surface area contributed by atoms with E-state index in [4.69, 9.17) is 16.2 Å². The molecule has 0 unspecified atom stereocenters. The average Bonchev–Trinajstić information content (AvgIpc) is 2.94. The molecule has 0 radical (unpaired) electrons. The van der Waals surface area contributed by atoms with Crippen molar-refractivity contribution in [2.45, 2.75) is 13.8 Å². The molecule has 0 saturated carbocycles. The van der Waals surface area contributed by atoms with Gasteiger partial charge in [0.05, 0.1) is 23.5 Å². The van der Waals surface area contributed by atoms with Gasteiger partial charge in [0.1, 0.15) is 27.3 Å². The van der Waals surface area contributed by atoms with Gasteiger partial charge in [-0.25, -0.2) is 4.98 Å². The van der Waals surface area contributed by atoms with Gasteiger partial charge in [-0.05, 0) is 31.5 Å². The number of hydrogen-bond acceptors (Lipinski definition) is 7. The molecule has 0 bridgehead atoms. The van der Waals surface area contributed by atoms with Gasteiger partial charge in [-0.3, -0.25) is 4.79 Å². The Bertz CT molecular complexity index is 1050. The van der Waals surface area contributed by atoms with Gasteiger partial charge in [0.2, 0.25) is 0 Å². The largest absolute Gasteiger partial charge is 0.492 e. The minimum Gasteiger partial charge on any atom is -0.492 e. The number of nitriles is 1. The molecule has 0 atom stereocenters. The van der Waals surface area contributed by atoms with E-state index in [1.54, 1.807) is 25.1 Å². The van der Waals surface area contributed by atoms with Gasteiger partial charge in [-0.15, -0.1) is 11.3 Å². The normalized spacial score (nSPS) is 10.5. The van der Waals surface area contributed by atoms with Crippen molar-refractivity contribution in [2.24, 2.45) is 0 Å². The number of nitrogens with zero attached hydrogens (tertiary/aromatic N) is 2. The fraction of sp³-hybridized carbons (Fsp3) is 0.167. The van der Waals surface area contributed by atoms with Crippen LogP contribution < -0.4 is 21.5 Å². The molecule has 26 heavy (non-hydrogen) atoms. The maximum absolute atomic E-state index is 12.8. The maximum atomic E-state index is 12.8. The Morgan fingerprint density at radius 1 is 1.38 bits per heavy atom. The number of carbonyl (C=O) groups is 1. The van der Waals surface area contributed by atoms with Crippen LogP contribution in [0.4, 0.5) is 17.2 Å². The van der Waals surface area contributed by atoms with Gasteiger partial charge < -0.3 is 21.5 Å². The molecule has 8 heteroatoms. The summed E-state index contributed by atoms with van der Waals surface area (Å²) in [4.78, 5) is 17.8. The minimum atomic E-state index is -0.367. The Morgan fingerprint density at radius 3 is 2.81 bits per heavy atom. The van der Waals surface area contributed by atoms with Crippen LogP contribution in [0.1, 0.15) is 27.7 Å². The summed E-state index contributed by atoms with van der Waals surface area (Å²) in [5, 5.41) is 12.6. The fourth-order valence-corrected chi connectivity index (χ4v) is 3.75. The SMILES string of the molecule is CCOc1ccccc1NC(=O)c1sc2nc(N)c(C#N)c(C)c2c1N. The number of hydrogen-bond donors (Lipinski definition) is 3. The van der Waals surface area contributed by atoms with Gasteiger partial charge in [0.15, 0.2) is 0 Å². The molecule has 0 aliphatic heterocycles. The number of fused-ring (bicyclic) bond motifs is 1. The first-order valence-electron chi connectivity index (χ1n) is 7.89. The summed E-state index contributed by atoms with van der Waals surface area (Å²) in [7, 11) is 0. The molecular formula is C18H17N5O2S. The predicted octanol–water partition coefficient (Wildman–Crippen LogP) is 3.29. The Hall–Kier alpha value is -3.31. The molecule has 5 N–H and O–H groups in total. The molecule has 0 fully saturated rings. The van der Waals surface area contributed by atoms with E-state index >= 15 is 0 Å². The highest BCUT2D eigenvalue weighted by Gasteiger charge is 2.22. The predicted molar refractivity (Wildman–Crippen MR) is 103 cm³/mol. The van der Waals surface area contributed by atoms with Crippen LogP contribution in [-0.2, 0) is 0 Å². The lowest BCUT2D eigenvalue weighted by Crippen LogP contribution is -2.13. The number of anilines is 3. The summed E-state index contributed by atoms with van der Waals surface area (Å²) in [5.41, 5.74) is 13.8. The first kappa shape index (κ1) is 17.5. The quantitative estimate of drug-likeness (QED) is 0.649. The summed E-state index contributed by atoms with van der Waals surface area (Å²) < 4.78 is 5.52. The number of ether oxygens (including phenoxy) is 1. The number of rotatable bonds is 4. The monoisotopic (exact) mass is 367 g/mol. The second kappa shape index (κ2) is 6.90. The highest BCUT2D eigenvalue weighted by molar-refractivity contribution is 7.21. The first-order chi connectivity index (χ1) is 12.5. The Morgan fingerprint density at radius 2 is 2.12 bits per heavy atom. The molecule has 3 aromatic rings. The number of nitrogen functional groups attached to an aromatic ring is 2. The molecular weight excluding hydrogens is 350 g/mol. The van der Waals surface area contributed by atoms with Crippen molar-refractivity contribution in [3.05, 3.63) is 40.3 Å². The van der Waals surface area contributed by atoms with Crippen molar-refractivity contribution < 1.29 is 9.53 Å². The summed E-state index contributed by atoms with van der Waals surface area (Å²) in [6, 6.07) is 9.19. The van der Waals surface area contributed by atoms with Crippen molar-refractivity contribution in [2.75, 3.05) is 23.4 Å². The smallest absolute Gasteiger partial charge is 0.268 e. The summed E-state index contributed by atoms with van der Waals surface area (Å²) >= 11 is 1.14. The van der Waals surface area contributed by atoms with Crippen molar-refractivity contribution in [1.29, 1.82) is 5.26 Å². The van der Waals surface area contributed by atoms with E-state index in [-0.39, 0.29) is 23.0 Å². The number of nitrogens with one attached hydrogen (secondary N) is 1. The lowest BCUT2D eigenvalue weighted by Gasteiger charge is -2.10. The van der Waals surface area contributed by atoms with Crippen molar-refractivity contribution in [3.8, 4) is 11.8 Å². The van der Waals surface area contributed by atoms with Crippen LogP contribution in [0.15, 0.2) is 24.3 Å². The molecule has 1 aromatic carbocycles. The van der Waals surface area contributed by atoms with Crippen LogP contribution in [0.3, 0.4) is 0 Å². The number of aryl methyl sites for hydroxylation is 1. The number of nitrogens with two attached hydrogens (primary N) is 2. The van der Waals surface area contributed by atoms with Crippen LogP contribution in [0.2, 0.25) is 0 Å². The van der Waals surface area contributed by atoms with Gasteiger partial charge in [0.25, 0.3) is 5.91 Å². The number of pyridine rings is 1. The maximum Gasteiger partial charge on any atom is 0.268 e. The van der Waals surface area contributed by atoms with Gasteiger partial charge >= 0.3 is 0 Å². The third kappa shape index (κ3) is 2.89. The van der Waals surface area contributed by atoms with E-state index < -0.39 is 0 Å². The van der Waals surface area contributed by atoms with Crippen LogP contribution in [-0.4, -0.2) is 17.5 Å². The molecule has 0 aliphatic carbocycles. The molecule has 132 valence electrons. The number of para-hydroxylation sites is 2. The highest BCUT2D eigenvalue weighted by atomic mass is 32.1. The molecule has 0 saturated heterocycles. The van der Waals surface area contributed by atoms with E-state index in [0.717, 1.165) is 11.3 Å². The van der Waals surface area contributed by atoms with E-state index in [9.17, 15) is 10.1 Å². The number of carbonyl (C=O) groups excluding carboxylic acids is 1. The number of benzene rings is 1. The van der Waals surface area contributed by atoms with E-state index in [1.807, 2.05) is 19.1 Å². The lowest BCUT2D eigenvalue weighted by molar-refractivity contribution is 0.103.